The molecule has 26 heavy (non-hydrogen) atoms. The molecule has 0 unspecified atom stereocenters. The Hall–Kier alpha value is -2.53. The van der Waals surface area contributed by atoms with Gasteiger partial charge in [-0.1, -0.05) is 36.4 Å². The standard InChI is InChI=1S/C21H18F2O2S/c1-13-4-5-16(12-14(13)2)20-18(10-11-19(22)21(20)23)15-6-8-17(9-7-15)26(3,24)25/h4-12H,1-3H3. The number of halogens is 2. The molecule has 134 valence electrons. The van der Waals surface area contributed by atoms with Gasteiger partial charge in [0, 0.05) is 11.8 Å². The molecule has 3 aromatic rings. The second-order valence-corrected chi connectivity index (χ2v) is 8.40. The van der Waals surface area contributed by atoms with Gasteiger partial charge < -0.3 is 0 Å². The molecule has 0 heterocycles. The van der Waals surface area contributed by atoms with Crippen LogP contribution >= 0.6 is 0 Å². The smallest absolute Gasteiger partial charge is 0.175 e. The van der Waals surface area contributed by atoms with Crippen LogP contribution in [0.4, 0.5) is 8.78 Å². The Morgan fingerprint density at radius 1 is 0.769 bits per heavy atom. The highest BCUT2D eigenvalue weighted by Crippen LogP contribution is 2.36. The molecule has 0 spiro atoms. The molecule has 0 fully saturated rings. The number of rotatable bonds is 3. The van der Waals surface area contributed by atoms with Crippen LogP contribution < -0.4 is 0 Å². The van der Waals surface area contributed by atoms with Crippen molar-refractivity contribution in [1.82, 2.24) is 0 Å². The fraction of sp³-hybridized carbons (Fsp3) is 0.143. The maximum absolute atomic E-state index is 14.7. The summed E-state index contributed by atoms with van der Waals surface area (Å²) in [7, 11) is -3.32. The minimum atomic E-state index is -3.32. The highest BCUT2D eigenvalue weighted by Gasteiger charge is 2.17. The van der Waals surface area contributed by atoms with Crippen molar-refractivity contribution in [2.24, 2.45) is 0 Å². The van der Waals surface area contributed by atoms with E-state index in [2.05, 4.69) is 0 Å². The minimum absolute atomic E-state index is 0.167. The van der Waals surface area contributed by atoms with Crippen LogP contribution in [0.3, 0.4) is 0 Å². The Morgan fingerprint density at radius 2 is 1.38 bits per heavy atom. The molecule has 0 atom stereocenters. The van der Waals surface area contributed by atoms with Crippen LogP contribution in [0, 0.1) is 25.5 Å². The van der Waals surface area contributed by atoms with Gasteiger partial charge in [-0.3, -0.25) is 0 Å². The van der Waals surface area contributed by atoms with Gasteiger partial charge in [0.05, 0.1) is 4.90 Å². The zero-order valence-corrected chi connectivity index (χ0v) is 15.5. The topological polar surface area (TPSA) is 34.1 Å². The first kappa shape index (κ1) is 18.3. The third-order valence-corrected chi connectivity index (χ3v) is 5.61. The monoisotopic (exact) mass is 372 g/mol. The number of benzene rings is 3. The van der Waals surface area contributed by atoms with E-state index in [4.69, 9.17) is 0 Å². The molecular weight excluding hydrogens is 354 g/mol. The summed E-state index contributed by atoms with van der Waals surface area (Å²) >= 11 is 0. The van der Waals surface area contributed by atoms with Gasteiger partial charge in [-0.2, -0.15) is 0 Å². The zero-order chi connectivity index (χ0) is 19.1. The van der Waals surface area contributed by atoms with Crippen molar-refractivity contribution in [2.75, 3.05) is 6.26 Å². The molecule has 0 N–H and O–H groups in total. The fourth-order valence-corrected chi connectivity index (χ4v) is 3.48. The van der Waals surface area contributed by atoms with E-state index in [1.54, 1.807) is 18.2 Å². The summed E-state index contributed by atoms with van der Waals surface area (Å²) in [4.78, 5) is 0.177. The summed E-state index contributed by atoms with van der Waals surface area (Å²) in [6, 6.07) is 14.2. The van der Waals surface area contributed by atoms with E-state index in [-0.39, 0.29) is 10.5 Å². The molecule has 0 radical (unpaired) electrons. The minimum Gasteiger partial charge on any atom is -0.224 e. The predicted molar refractivity (Wildman–Crippen MR) is 99.8 cm³/mol. The summed E-state index contributed by atoms with van der Waals surface area (Å²) in [6.45, 7) is 3.86. The highest BCUT2D eigenvalue weighted by molar-refractivity contribution is 7.90. The molecule has 0 aromatic heterocycles. The molecule has 3 aromatic carbocycles. The zero-order valence-electron chi connectivity index (χ0n) is 14.7. The van der Waals surface area contributed by atoms with Crippen LogP contribution in [0.2, 0.25) is 0 Å². The summed E-state index contributed by atoms with van der Waals surface area (Å²) in [5.41, 5.74) is 3.90. The molecule has 0 saturated carbocycles. The van der Waals surface area contributed by atoms with Crippen LogP contribution in [0.25, 0.3) is 22.3 Å². The number of hydrogen-bond acceptors (Lipinski definition) is 2. The molecule has 0 bridgehead atoms. The van der Waals surface area contributed by atoms with E-state index in [9.17, 15) is 17.2 Å². The molecule has 0 aliphatic carbocycles. The van der Waals surface area contributed by atoms with Crippen LogP contribution in [0.1, 0.15) is 11.1 Å². The van der Waals surface area contributed by atoms with Crippen molar-refractivity contribution < 1.29 is 17.2 Å². The first-order valence-electron chi connectivity index (χ1n) is 8.04. The van der Waals surface area contributed by atoms with Crippen molar-refractivity contribution in [1.29, 1.82) is 0 Å². The van der Waals surface area contributed by atoms with Gasteiger partial charge in [-0.15, -0.1) is 0 Å². The van der Waals surface area contributed by atoms with E-state index in [0.29, 0.717) is 16.7 Å². The lowest BCUT2D eigenvalue weighted by atomic mass is 9.92. The van der Waals surface area contributed by atoms with Crippen LogP contribution in [0.5, 0.6) is 0 Å². The van der Waals surface area contributed by atoms with Crippen LogP contribution in [0.15, 0.2) is 59.5 Å². The van der Waals surface area contributed by atoms with Crippen LogP contribution in [-0.4, -0.2) is 14.7 Å². The van der Waals surface area contributed by atoms with E-state index < -0.39 is 21.5 Å². The maximum Gasteiger partial charge on any atom is 0.175 e. The lowest BCUT2D eigenvalue weighted by molar-refractivity contribution is 0.511. The third-order valence-electron chi connectivity index (χ3n) is 4.48. The van der Waals surface area contributed by atoms with E-state index in [1.807, 2.05) is 26.0 Å². The third kappa shape index (κ3) is 3.40. The molecule has 3 rings (SSSR count). The molecular formula is C21H18F2O2S. The second-order valence-electron chi connectivity index (χ2n) is 6.38. The summed E-state index contributed by atoms with van der Waals surface area (Å²) in [5.74, 6) is -1.84. The largest absolute Gasteiger partial charge is 0.224 e. The van der Waals surface area contributed by atoms with Crippen molar-refractivity contribution >= 4 is 9.84 Å². The molecule has 5 heteroatoms. The van der Waals surface area contributed by atoms with Gasteiger partial charge in [0.2, 0.25) is 0 Å². The molecule has 0 saturated heterocycles. The molecule has 2 nitrogen and oxygen atoms in total. The Balaban J connectivity index is 2.22. The number of hydrogen-bond donors (Lipinski definition) is 0. The fourth-order valence-electron chi connectivity index (χ4n) is 2.85. The first-order valence-corrected chi connectivity index (χ1v) is 9.94. The molecule has 0 amide bonds. The second kappa shape index (κ2) is 6.65. The molecule has 0 aliphatic heterocycles. The Morgan fingerprint density at radius 3 is 1.96 bits per heavy atom. The van der Waals surface area contributed by atoms with E-state index >= 15 is 0 Å². The average molecular weight is 372 g/mol. The van der Waals surface area contributed by atoms with Gasteiger partial charge in [-0.05, 0) is 59.9 Å². The SMILES string of the molecule is Cc1ccc(-c2c(-c3ccc(S(C)(=O)=O)cc3)ccc(F)c2F)cc1C. The summed E-state index contributed by atoms with van der Waals surface area (Å²) in [6.07, 6.45) is 1.13. The van der Waals surface area contributed by atoms with Gasteiger partial charge >= 0.3 is 0 Å². The average Bonchev–Trinajstić information content (AvgIpc) is 2.59. The normalized spacial score (nSPS) is 11.6. The van der Waals surface area contributed by atoms with E-state index in [1.165, 1.54) is 18.2 Å². The number of aryl methyl sites for hydroxylation is 2. The van der Waals surface area contributed by atoms with Gasteiger partial charge in [0.15, 0.2) is 21.5 Å². The number of sulfone groups is 1. The summed E-state index contributed by atoms with van der Waals surface area (Å²) < 4.78 is 51.8. The van der Waals surface area contributed by atoms with Crippen molar-refractivity contribution in [2.45, 2.75) is 18.7 Å². The van der Waals surface area contributed by atoms with Gasteiger partial charge in [0.1, 0.15) is 0 Å². The predicted octanol–water partition coefficient (Wildman–Crippen LogP) is 5.32. The highest BCUT2D eigenvalue weighted by atomic mass is 32.2. The quantitative estimate of drug-likeness (QED) is 0.624. The van der Waals surface area contributed by atoms with Crippen molar-refractivity contribution in [3.8, 4) is 22.3 Å². The Bertz CT molecular complexity index is 1090. The van der Waals surface area contributed by atoms with Gasteiger partial charge in [-0.25, -0.2) is 17.2 Å². The maximum atomic E-state index is 14.7. The van der Waals surface area contributed by atoms with Crippen molar-refractivity contribution in [3.63, 3.8) is 0 Å². The van der Waals surface area contributed by atoms with Crippen LogP contribution in [-0.2, 0) is 9.84 Å². The first-order chi connectivity index (χ1) is 12.2. The Labute approximate surface area is 152 Å². The van der Waals surface area contributed by atoms with E-state index in [0.717, 1.165) is 23.4 Å². The lowest BCUT2D eigenvalue weighted by Gasteiger charge is -2.14. The Kier molecular flexibility index (Phi) is 4.67. The molecule has 0 aliphatic rings. The lowest BCUT2D eigenvalue weighted by Crippen LogP contribution is -1.98. The van der Waals surface area contributed by atoms with Gasteiger partial charge in [0.25, 0.3) is 0 Å². The summed E-state index contributed by atoms with van der Waals surface area (Å²) in [5, 5.41) is 0. The van der Waals surface area contributed by atoms with Crippen molar-refractivity contribution in [3.05, 3.63) is 77.4 Å².